The first-order valence-corrected chi connectivity index (χ1v) is 10.5. The van der Waals surface area contributed by atoms with E-state index in [4.69, 9.17) is 5.11 Å². The van der Waals surface area contributed by atoms with Crippen LogP contribution in [-0.4, -0.2) is 17.0 Å². The Morgan fingerprint density at radius 2 is 1.75 bits per heavy atom. The first-order valence-electron chi connectivity index (χ1n) is 10.5. The van der Waals surface area contributed by atoms with Gasteiger partial charge in [-0.15, -0.1) is 0 Å². The first kappa shape index (κ1) is 18.4. The van der Waals surface area contributed by atoms with Gasteiger partial charge in [-0.1, -0.05) is 20.3 Å². The van der Waals surface area contributed by atoms with E-state index in [1.807, 2.05) is 0 Å². The fraction of sp³-hybridized carbons (Fsp3) is 0.955. The highest BCUT2D eigenvalue weighted by atomic mass is 16.3. The van der Waals surface area contributed by atoms with Gasteiger partial charge in [-0.3, -0.25) is 4.79 Å². The van der Waals surface area contributed by atoms with Crippen molar-refractivity contribution in [2.75, 3.05) is 0 Å². The second-order valence-corrected chi connectivity index (χ2v) is 10.1. The fourth-order valence-corrected chi connectivity index (χ4v) is 7.04. The molecule has 0 amide bonds. The number of carbonyl (C=O) groups is 1. The second-order valence-electron chi connectivity index (χ2n) is 10.1. The molecule has 0 aromatic carbocycles. The van der Waals surface area contributed by atoms with Crippen molar-refractivity contribution in [3.63, 3.8) is 0 Å². The van der Waals surface area contributed by atoms with E-state index in [-0.39, 0.29) is 7.53 Å². The van der Waals surface area contributed by atoms with Crippen molar-refractivity contribution in [2.45, 2.75) is 98.0 Å². The van der Waals surface area contributed by atoms with Gasteiger partial charge in [0, 0.05) is 20.4 Å². The molecular weight excluding hydrogens is 296 g/mol. The average molecular weight is 337 g/mol. The zero-order chi connectivity index (χ0) is 17.5. The summed E-state index contributed by atoms with van der Waals surface area (Å²) in [5.74, 6) is 4.20. The molecule has 4 aliphatic carbocycles. The van der Waals surface area contributed by atoms with Gasteiger partial charge >= 0.3 is 0 Å². The van der Waals surface area contributed by atoms with Gasteiger partial charge in [0.25, 0.3) is 0 Å². The molecule has 4 saturated carbocycles. The van der Waals surface area contributed by atoms with Crippen LogP contribution in [0.25, 0.3) is 0 Å². The van der Waals surface area contributed by atoms with Crippen molar-refractivity contribution in [3.8, 4) is 0 Å². The monoisotopic (exact) mass is 336 g/mol. The summed E-state index contributed by atoms with van der Waals surface area (Å²) in [6, 6.07) is 0. The normalized spacial score (nSPS) is 47.3. The summed E-state index contributed by atoms with van der Waals surface area (Å²) < 4.78 is 0. The zero-order valence-electron chi connectivity index (χ0n) is 16.3. The number of rotatable bonds is 0. The number of hydrogen-bond donors (Lipinski definition) is 1. The zero-order valence-corrected chi connectivity index (χ0v) is 16.3. The predicted octanol–water partition coefficient (Wildman–Crippen LogP) is 5.62. The molecule has 0 aromatic rings. The van der Waals surface area contributed by atoms with Gasteiger partial charge in [0.2, 0.25) is 0 Å². The van der Waals surface area contributed by atoms with Crippen molar-refractivity contribution < 1.29 is 11.3 Å². The number of aliphatic hydroxyl groups excluding tert-OH is 1. The van der Waals surface area contributed by atoms with E-state index in [1.165, 1.54) is 51.4 Å². The van der Waals surface area contributed by atoms with Crippen LogP contribution >= 0.6 is 0 Å². The lowest BCUT2D eigenvalue weighted by molar-refractivity contribution is -0.137. The summed E-state index contributed by atoms with van der Waals surface area (Å²) in [6.07, 6.45) is 13.0. The Hall–Kier alpha value is -0.370. The molecule has 140 valence electrons. The van der Waals surface area contributed by atoms with E-state index in [1.54, 1.807) is 13.8 Å². The molecular formula is C22H40O2. The van der Waals surface area contributed by atoms with Gasteiger partial charge < -0.3 is 5.11 Å². The van der Waals surface area contributed by atoms with Crippen LogP contribution < -0.4 is 0 Å². The Balaban J connectivity index is 0.000000411. The lowest BCUT2D eigenvalue weighted by Gasteiger charge is -2.59. The molecule has 0 aliphatic heterocycles. The average Bonchev–Trinajstić information content (AvgIpc) is 2.89. The highest BCUT2D eigenvalue weighted by Gasteiger charge is 2.57. The van der Waals surface area contributed by atoms with Crippen molar-refractivity contribution in [3.05, 3.63) is 0 Å². The molecule has 0 heterocycles. The van der Waals surface area contributed by atoms with Gasteiger partial charge in [-0.25, -0.2) is 0 Å². The third-order valence-corrected chi connectivity index (χ3v) is 8.26. The largest absolute Gasteiger partial charge is 0.394 e. The lowest BCUT2D eigenvalue weighted by Crippen LogP contribution is -2.52. The topological polar surface area (TPSA) is 37.3 Å². The molecule has 0 aromatic heterocycles. The number of Topliss-reactive ketones (excluding diaryl/α,β-unsaturated/α-hetero) is 1. The molecule has 2 heteroatoms. The maximum absolute atomic E-state index is 11.9. The van der Waals surface area contributed by atoms with Crippen LogP contribution in [-0.2, 0) is 4.79 Å². The fourth-order valence-electron chi connectivity index (χ4n) is 7.04. The van der Waals surface area contributed by atoms with E-state index in [2.05, 4.69) is 13.8 Å². The number of carbonyl (C=O) groups excluding carboxylic acids is 1. The molecule has 1 unspecified atom stereocenters. The van der Waals surface area contributed by atoms with Crippen LogP contribution in [0.5, 0.6) is 0 Å². The Morgan fingerprint density at radius 1 is 1.04 bits per heavy atom. The van der Waals surface area contributed by atoms with Crippen LogP contribution in [0.1, 0.15) is 93.3 Å². The van der Waals surface area contributed by atoms with Crippen molar-refractivity contribution in [1.82, 2.24) is 0 Å². The van der Waals surface area contributed by atoms with Crippen LogP contribution in [0.2, 0.25) is 0 Å². The molecule has 1 N–H and O–H groups in total. The van der Waals surface area contributed by atoms with Crippen molar-refractivity contribution in [1.29, 1.82) is 0 Å². The summed E-state index contributed by atoms with van der Waals surface area (Å²) in [7, 11) is 0. The smallest absolute Gasteiger partial charge is 0.133 e. The van der Waals surface area contributed by atoms with E-state index in [0.717, 1.165) is 36.5 Å². The lowest BCUT2D eigenvalue weighted by atomic mass is 9.45. The number of hydrogen-bond acceptors (Lipinski definition) is 2. The minimum Gasteiger partial charge on any atom is -0.394 e. The van der Waals surface area contributed by atoms with Gasteiger partial charge in [-0.05, 0) is 93.3 Å². The SMILES string of the molecule is CC(C)O.C[C@@]12CCC[C@H]1C1CC[C@H]3CC(=O)CC[C@]3(C)[C@H]1CC2.[HH]. The summed E-state index contributed by atoms with van der Waals surface area (Å²) >= 11 is 0. The molecule has 4 rings (SSSR count). The van der Waals surface area contributed by atoms with E-state index >= 15 is 0 Å². The third-order valence-electron chi connectivity index (χ3n) is 8.26. The van der Waals surface area contributed by atoms with Gasteiger partial charge in [0.1, 0.15) is 5.78 Å². The number of fused-ring (bicyclic) bond motifs is 5. The molecule has 4 aliphatic rings. The molecule has 0 saturated heterocycles. The second kappa shape index (κ2) is 6.74. The minimum atomic E-state index is -0.167. The van der Waals surface area contributed by atoms with E-state index in [9.17, 15) is 4.79 Å². The number of aliphatic hydroxyl groups is 1. The summed E-state index contributed by atoms with van der Waals surface area (Å²) in [5.41, 5.74) is 1.18. The molecule has 0 radical (unpaired) electrons. The molecule has 0 bridgehead atoms. The molecule has 0 spiro atoms. The van der Waals surface area contributed by atoms with Crippen LogP contribution in [0.15, 0.2) is 0 Å². The summed E-state index contributed by atoms with van der Waals surface area (Å²) in [5, 5.41) is 8.06. The molecule has 24 heavy (non-hydrogen) atoms. The first-order chi connectivity index (χ1) is 11.3. The van der Waals surface area contributed by atoms with E-state index < -0.39 is 0 Å². The van der Waals surface area contributed by atoms with Crippen molar-refractivity contribution in [2.24, 2.45) is 34.5 Å². The third kappa shape index (κ3) is 3.20. The highest BCUT2D eigenvalue weighted by Crippen LogP contribution is 2.65. The number of ketones is 1. The molecule has 4 fully saturated rings. The van der Waals surface area contributed by atoms with Crippen LogP contribution in [0.3, 0.4) is 0 Å². The Kier molecular flexibility index (Phi) is 5.17. The van der Waals surface area contributed by atoms with Gasteiger partial charge in [0.05, 0.1) is 0 Å². The summed E-state index contributed by atoms with van der Waals surface area (Å²) in [6.45, 7) is 8.58. The van der Waals surface area contributed by atoms with E-state index in [0.29, 0.717) is 16.6 Å². The Morgan fingerprint density at radius 3 is 2.46 bits per heavy atom. The molecule has 2 nitrogen and oxygen atoms in total. The Labute approximate surface area is 150 Å². The maximum atomic E-state index is 11.9. The highest BCUT2D eigenvalue weighted by molar-refractivity contribution is 5.79. The Bertz CT molecular complexity index is 474. The van der Waals surface area contributed by atoms with Crippen LogP contribution in [0, 0.1) is 34.5 Å². The quantitative estimate of drug-likeness (QED) is 0.623. The molecule has 6 atom stereocenters. The van der Waals surface area contributed by atoms with Gasteiger partial charge in [0.15, 0.2) is 0 Å². The summed E-state index contributed by atoms with van der Waals surface area (Å²) in [4.78, 5) is 11.9. The maximum Gasteiger partial charge on any atom is 0.133 e. The van der Waals surface area contributed by atoms with Crippen LogP contribution in [0.4, 0.5) is 0 Å². The van der Waals surface area contributed by atoms with Crippen molar-refractivity contribution >= 4 is 5.78 Å². The van der Waals surface area contributed by atoms with Gasteiger partial charge in [-0.2, -0.15) is 0 Å². The standard InChI is InChI=1S/C19H30O.C3H8O.H2/c1-18-9-3-4-16(18)15-6-5-13-12-14(20)7-11-19(13,2)17(15)8-10-18;1-3(2)4;/h13,15-17H,3-12H2,1-2H3;3-4H,1-2H3;1H/t13-,15?,16-,17-,18-,19-;;/m0../s1. The predicted molar refractivity (Wildman–Crippen MR) is 101 cm³/mol. The minimum absolute atomic E-state index is 0.